The molecule has 0 radical (unpaired) electrons. The first kappa shape index (κ1) is 9.25. The fourth-order valence-corrected chi connectivity index (χ4v) is 1.96. The zero-order valence-corrected chi connectivity index (χ0v) is 8.49. The Morgan fingerprint density at radius 1 is 1.29 bits per heavy atom. The third kappa shape index (κ3) is 1.79. The second kappa shape index (κ2) is 3.82. The Morgan fingerprint density at radius 3 is 2.79 bits per heavy atom. The molecule has 1 fully saturated rings. The third-order valence-corrected chi connectivity index (χ3v) is 2.71. The van der Waals surface area contributed by atoms with Gasteiger partial charge in [0.1, 0.15) is 0 Å². The van der Waals surface area contributed by atoms with E-state index in [1.54, 1.807) is 0 Å². The number of benzene rings is 1. The number of rotatable bonds is 1. The lowest BCUT2D eigenvalue weighted by Gasteiger charge is -2.29. The monoisotopic (exact) mass is 189 g/mol. The average Bonchev–Trinajstić information content (AvgIpc) is 2.18. The summed E-state index contributed by atoms with van der Waals surface area (Å²) in [6, 6.07) is 8.24. The molecule has 1 saturated heterocycles. The minimum absolute atomic E-state index is 0.361. The normalized spacial score (nSPS) is 17.2. The predicted octanol–water partition coefficient (Wildman–Crippen LogP) is 2.16. The van der Waals surface area contributed by atoms with Crippen molar-refractivity contribution in [2.45, 2.75) is 19.8 Å². The molecule has 2 rings (SSSR count). The molecule has 0 atom stereocenters. The maximum atomic E-state index is 11.3. The van der Waals surface area contributed by atoms with E-state index in [9.17, 15) is 4.79 Å². The number of hydrogen-bond acceptors (Lipinski definition) is 2. The molecule has 74 valence electrons. The molecule has 0 aromatic heterocycles. The van der Waals surface area contributed by atoms with E-state index in [1.807, 2.05) is 12.1 Å². The lowest BCUT2D eigenvalue weighted by molar-refractivity contribution is -0.118. The number of carbonyl (C=O) groups is 1. The number of carbonyl (C=O) groups excluding carboxylic acids is 1. The maximum absolute atomic E-state index is 11.3. The highest BCUT2D eigenvalue weighted by Crippen LogP contribution is 2.21. The van der Waals surface area contributed by atoms with E-state index in [1.165, 1.54) is 11.3 Å². The van der Waals surface area contributed by atoms with E-state index in [4.69, 9.17) is 0 Å². The molecule has 1 aromatic rings. The van der Waals surface area contributed by atoms with Crippen LogP contribution < -0.4 is 4.90 Å². The summed E-state index contributed by atoms with van der Waals surface area (Å²) in [5.41, 5.74) is 2.46. The van der Waals surface area contributed by atoms with Gasteiger partial charge in [0.05, 0.1) is 6.54 Å². The van der Waals surface area contributed by atoms with Crippen molar-refractivity contribution in [1.82, 2.24) is 0 Å². The van der Waals surface area contributed by atoms with Gasteiger partial charge in [-0.05, 0) is 25.0 Å². The molecule has 0 bridgehead atoms. The highest BCUT2D eigenvalue weighted by atomic mass is 16.1. The van der Waals surface area contributed by atoms with Crippen LogP contribution in [0, 0.1) is 6.92 Å². The van der Waals surface area contributed by atoms with Gasteiger partial charge < -0.3 is 4.90 Å². The molecule has 2 nitrogen and oxygen atoms in total. The minimum Gasteiger partial charge on any atom is -0.364 e. The highest BCUT2D eigenvalue weighted by molar-refractivity contribution is 5.84. The summed E-state index contributed by atoms with van der Waals surface area (Å²) in [6.45, 7) is 3.69. The Bertz CT molecular complexity index is 346. The van der Waals surface area contributed by atoms with E-state index in [2.05, 4.69) is 24.0 Å². The molecule has 0 saturated carbocycles. The minimum atomic E-state index is 0.361. The molecular weight excluding hydrogens is 174 g/mol. The molecule has 0 N–H and O–H groups in total. The SMILES string of the molecule is Cc1ccccc1N1CCCC(=O)C1. The van der Waals surface area contributed by atoms with Gasteiger partial charge in [-0.1, -0.05) is 18.2 Å². The molecule has 0 amide bonds. The highest BCUT2D eigenvalue weighted by Gasteiger charge is 2.17. The van der Waals surface area contributed by atoms with Gasteiger partial charge >= 0.3 is 0 Å². The van der Waals surface area contributed by atoms with Gasteiger partial charge in [0.25, 0.3) is 0 Å². The van der Waals surface area contributed by atoms with E-state index < -0.39 is 0 Å². The standard InChI is InChI=1S/C12H15NO/c1-10-5-2-3-7-12(10)13-8-4-6-11(14)9-13/h2-3,5,7H,4,6,8-9H2,1H3. The fourth-order valence-electron chi connectivity index (χ4n) is 1.96. The summed E-state index contributed by atoms with van der Waals surface area (Å²) in [6.07, 6.45) is 1.75. The summed E-state index contributed by atoms with van der Waals surface area (Å²) in [7, 11) is 0. The number of hydrogen-bond donors (Lipinski definition) is 0. The first-order valence-corrected chi connectivity index (χ1v) is 5.09. The van der Waals surface area contributed by atoms with Crippen LogP contribution in [0.25, 0.3) is 0 Å². The molecule has 0 unspecified atom stereocenters. The summed E-state index contributed by atoms with van der Waals surface area (Å²) in [4.78, 5) is 13.5. The molecule has 1 aliphatic rings. The number of para-hydroxylation sites is 1. The fraction of sp³-hybridized carbons (Fsp3) is 0.417. The van der Waals surface area contributed by atoms with E-state index in [0.717, 1.165) is 19.4 Å². The Labute approximate surface area is 84.5 Å². The summed E-state index contributed by atoms with van der Waals surface area (Å²) in [5, 5.41) is 0. The quantitative estimate of drug-likeness (QED) is 0.674. The Morgan fingerprint density at radius 2 is 2.07 bits per heavy atom. The van der Waals surface area contributed by atoms with Crippen molar-refractivity contribution in [3.05, 3.63) is 29.8 Å². The van der Waals surface area contributed by atoms with Crippen LogP contribution in [0.15, 0.2) is 24.3 Å². The van der Waals surface area contributed by atoms with Crippen LogP contribution in [0.2, 0.25) is 0 Å². The summed E-state index contributed by atoms with van der Waals surface area (Å²) in [5.74, 6) is 0.361. The molecule has 1 aromatic carbocycles. The zero-order chi connectivity index (χ0) is 9.97. The number of nitrogens with zero attached hydrogens (tertiary/aromatic N) is 1. The van der Waals surface area contributed by atoms with Crippen LogP contribution in [0.5, 0.6) is 0 Å². The topological polar surface area (TPSA) is 20.3 Å². The number of piperidine rings is 1. The van der Waals surface area contributed by atoms with Gasteiger partial charge in [0.15, 0.2) is 5.78 Å². The van der Waals surface area contributed by atoms with Crippen LogP contribution in [0.1, 0.15) is 18.4 Å². The molecule has 0 spiro atoms. The molecule has 14 heavy (non-hydrogen) atoms. The van der Waals surface area contributed by atoms with Crippen molar-refractivity contribution < 1.29 is 4.79 Å². The number of Topliss-reactive ketones (excluding diaryl/α,β-unsaturated/α-hetero) is 1. The van der Waals surface area contributed by atoms with Crippen molar-refractivity contribution in [2.24, 2.45) is 0 Å². The smallest absolute Gasteiger partial charge is 0.152 e. The van der Waals surface area contributed by atoms with Crippen LogP contribution >= 0.6 is 0 Å². The first-order valence-electron chi connectivity index (χ1n) is 5.09. The van der Waals surface area contributed by atoms with E-state index >= 15 is 0 Å². The van der Waals surface area contributed by atoms with Gasteiger partial charge in [-0.3, -0.25) is 4.79 Å². The second-order valence-corrected chi connectivity index (χ2v) is 3.85. The van der Waals surface area contributed by atoms with Crippen molar-refractivity contribution in [3.8, 4) is 0 Å². The average molecular weight is 189 g/mol. The van der Waals surface area contributed by atoms with Crippen molar-refractivity contribution in [3.63, 3.8) is 0 Å². The molecule has 1 heterocycles. The van der Waals surface area contributed by atoms with Gasteiger partial charge in [-0.25, -0.2) is 0 Å². The second-order valence-electron chi connectivity index (χ2n) is 3.85. The molecule has 0 aliphatic carbocycles. The maximum Gasteiger partial charge on any atom is 0.152 e. The van der Waals surface area contributed by atoms with Gasteiger partial charge in [-0.15, -0.1) is 0 Å². The van der Waals surface area contributed by atoms with E-state index in [-0.39, 0.29) is 0 Å². The number of aryl methyl sites for hydroxylation is 1. The van der Waals surface area contributed by atoms with Crippen molar-refractivity contribution >= 4 is 11.5 Å². The van der Waals surface area contributed by atoms with Gasteiger partial charge in [0, 0.05) is 18.7 Å². The van der Waals surface area contributed by atoms with Crippen LogP contribution in [0.3, 0.4) is 0 Å². The number of anilines is 1. The zero-order valence-electron chi connectivity index (χ0n) is 8.49. The largest absolute Gasteiger partial charge is 0.364 e. The van der Waals surface area contributed by atoms with Crippen molar-refractivity contribution in [2.75, 3.05) is 18.0 Å². The van der Waals surface area contributed by atoms with Gasteiger partial charge in [0.2, 0.25) is 0 Å². The van der Waals surface area contributed by atoms with Gasteiger partial charge in [-0.2, -0.15) is 0 Å². The van der Waals surface area contributed by atoms with Crippen LogP contribution in [-0.2, 0) is 4.79 Å². The summed E-state index contributed by atoms with van der Waals surface area (Å²) >= 11 is 0. The van der Waals surface area contributed by atoms with Crippen LogP contribution in [-0.4, -0.2) is 18.9 Å². The molecular formula is C12H15NO. The Hall–Kier alpha value is -1.31. The number of ketones is 1. The lowest BCUT2D eigenvalue weighted by Crippen LogP contribution is -2.35. The first-order chi connectivity index (χ1) is 6.77. The predicted molar refractivity (Wildman–Crippen MR) is 57.6 cm³/mol. The lowest BCUT2D eigenvalue weighted by atomic mass is 10.1. The molecule has 1 aliphatic heterocycles. The summed E-state index contributed by atoms with van der Waals surface area (Å²) < 4.78 is 0. The molecule has 2 heteroatoms. The van der Waals surface area contributed by atoms with Crippen LogP contribution in [0.4, 0.5) is 5.69 Å². The van der Waals surface area contributed by atoms with Crippen molar-refractivity contribution in [1.29, 1.82) is 0 Å². The Kier molecular flexibility index (Phi) is 2.53. The third-order valence-electron chi connectivity index (χ3n) is 2.71. The Balaban J connectivity index is 2.22. The van der Waals surface area contributed by atoms with E-state index in [0.29, 0.717) is 12.3 Å².